The predicted octanol–water partition coefficient (Wildman–Crippen LogP) is 3.27. The molecule has 1 aromatic carbocycles. The van der Waals surface area contributed by atoms with Crippen LogP contribution in [-0.2, 0) is 12.7 Å². The van der Waals surface area contributed by atoms with Crippen LogP contribution in [0.5, 0.6) is 0 Å². The van der Waals surface area contributed by atoms with Crippen molar-refractivity contribution in [2.45, 2.75) is 33.0 Å². The van der Waals surface area contributed by atoms with Crippen LogP contribution in [0.15, 0.2) is 24.3 Å². The van der Waals surface area contributed by atoms with Crippen LogP contribution in [0.3, 0.4) is 0 Å². The summed E-state index contributed by atoms with van der Waals surface area (Å²) in [4.78, 5) is 18.1. The number of benzene rings is 1. The van der Waals surface area contributed by atoms with E-state index in [9.17, 15) is 4.89 Å². The first-order valence-corrected chi connectivity index (χ1v) is 13.6. The van der Waals surface area contributed by atoms with Gasteiger partial charge in [-0.25, -0.2) is 0 Å². The summed E-state index contributed by atoms with van der Waals surface area (Å²) in [6, 6.07) is 8.86. The molecular formula is C23H40N3OP. The molecule has 0 aliphatic carbocycles. The maximum absolute atomic E-state index is 10.0. The van der Waals surface area contributed by atoms with E-state index in [1.165, 1.54) is 63.4 Å². The summed E-state index contributed by atoms with van der Waals surface area (Å²) in [5, 5.41) is 0. The summed E-state index contributed by atoms with van der Waals surface area (Å²) < 4.78 is 0. The summed E-state index contributed by atoms with van der Waals surface area (Å²) in [6.07, 6.45) is 5.86. The van der Waals surface area contributed by atoms with E-state index in [1.54, 1.807) is 0 Å². The third-order valence-electron chi connectivity index (χ3n) is 6.29. The van der Waals surface area contributed by atoms with Crippen molar-refractivity contribution in [2.24, 2.45) is 11.8 Å². The third-order valence-corrected chi connectivity index (χ3v) is 7.34. The van der Waals surface area contributed by atoms with Gasteiger partial charge in [0.05, 0.1) is 0 Å². The third kappa shape index (κ3) is 6.71. The SMILES string of the molecule is C=P(C)(O)Cc1ccc(CN2CCN(CCC)CCN3CC(C)C(C2)C3)cc1. The van der Waals surface area contributed by atoms with Crippen LogP contribution in [-0.4, -0.2) is 84.9 Å². The van der Waals surface area contributed by atoms with Gasteiger partial charge in [0.25, 0.3) is 0 Å². The smallest absolute Gasteiger partial charge is 0.0234 e. The van der Waals surface area contributed by atoms with Crippen LogP contribution in [0.4, 0.5) is 0 Å². The van der Waals surface area contributed by atoms with Crippen LogP contribution in [0.2, 0.25) is 0 Å². The van der Waals surface area contributed by atoms with Crippen LogP contribution < -0.4 is 0 Å². The molecule has 0 radical (unpaired) electrons. The summed E-state index contributed by atoms with van der Waals surface area (Å²) in [5.74, 6) is 1.59. The summed E-state index contributed by atoms with van der Waals surface area (Å²) in [6.45, 7) is 17.4. The molecule has 4 unspecified atom stereocenters. The van der Waals surface area contributed by atoms with Crippen LogP contribution in [0.25, 0.3) is 0 Å². The Bertz CT molecular complexity index is 656. The predicted molar refractivity (Wildman–Crippen MR) is 123 cm³/mol. The van der Waals surface area contributed by atoms with Crippen LogP contribution >= 0.6 is 7.11 Å². The lowest BCUT2D eigenvalue weighted by Gasteiger charge is -2.32. The fraction of sp³-hybridized carbons (Fsp3) is 0.696. The van der Waals surface area contributed by atoms with E-state index in [1.807, 2.05) is 6.66 Å². The summed E-state index contributed by atoms with van der Waals surface area (Å²) in [5.41, 5.74) is 2.58. The summed E-state index contributed by atoms with van der Waals surface area (Å²) >= 11 is 0. The minimum Gasteiger partial charge on any atom is -0.377 e. The largest absolute Gasteiger partial charge is 0.377 e. The molecule has 0 amide bonds. The Morgan fingerprint density at radius 2 is 1.64 bits per heavy atom. The molecule has 0 aromatic heterocycles. The average Bonchev–Trinajstić information content (AvgIpc) is 2.96. The van der Waals surface area contributed by atoms with Gasteiger partial charge in [-0.3, -0.25) is 4.90 Å². The highest BCUT2D eigenvalue weighted by atomic mass is 31.2. The average molecular weight is 406 g/mol. The van der Waals surface area contributed by atoms with E-state index in [2.05, 4.69) is 59.1 Å². The maximum Gasteiger partial charge on any atom is 0.0234 e. The standard InChI is InChI=1S/C23H40N3OP/c1-5-10-24-11-13-25-15-20(2)23(17-25)18-26(14-12-24)16-21-6-8-22(9-7-21)19-28(3,4)27/h6-9,20,23,27H,3,5,10-19H2,1-2,4H3. The van der Waals surface area contributed by atoms with Crippen molar-refractivity contribution in [3.05, 3.63) is 35.4 Å². The first-order valence-electron chi connectivity index (χ1n) is 11.0. The van der Waals surface area contributed by atoms with Crippen molar-refractivity contribution in [1.82, 2.24) is 14.7 Å². The fourth-order valence-electron chi connectivity index (χ4n) is 4.75. The molecule has 2 aliphatic heterocycles. The Hall–Kier alpha value is -0.640. The Morgan fingerprint density at radius 3 is 2.32 bits per heavy atom. The van der Waals surface area contributed by atoms with Gasteiger partial charge in [0.2, 0.25) is 0 Å². The Morgan fingerprint density at radius 1 is 1.00 bits per heavy atom. The number of nitrogens with zero attached hydrogens (tertiary/aromatic N) is 3. The molecule has 3 rings (SSSR count). The topological polar surface area (TPSA) is 30.0 Å². The highest BCUT2D eigenvalue weighted by Gasteiger charge is 2.31. The van der Waals surface area contributed by atoms with Crippen molar-refractivity contribution >= 4 is 13.4 Å². The van der Waals surface area contributed by atoms with E-state index >= 15 is 0 Å². The highest BCUT2D eigenvalue weighted by Crippen LogP contribution is 2.39. The Kier molecular flexibility index (Phi) is 7.81. The molecule has 2 bridgehead atoms. The molecule has 2 saturated heterocycles. The van der Waals surface area contributed by atoms with Gasteiger partial charge >= 0.3 is 0 Å². The molecule has 2 aliphatic rings. The first-order chi connectivity index (χ1) is 13.3. The molecule has 0 saturated carbocycles. The number of hydrogen-bond acceptors (Lipinski definition) is 4. The van der Waals surface area contributed by atoms with Gasteiger partial charge in [-0.2, -0.15) is 0 Å². The monoisotopic (exact) mass is 405 g/mol. The lowest BCUT2D eigenvalue weighted by Crippen LogP contribution is -2.42. The zero-order chi connectivity index (χ0) is 20.1. The first kappa shape index (κ1) is 22.1. The molecule has 28 heavy (non-hydrogen) atoms. The zero-order valence-corrected chi connectivity index (χ0v) is 19.1. The van der Waals surface area contributed by atoms with E-state index in [0.717, 1.165) is 24.9 Å². The molecular weight excluding hydrogens is 365 g/mol. The second-order valence-corrected chi connectivity index (χ2v) is 12.4. The van der Waals surface area contributed by atoms with Gasteiger partial charge in [0.1, 0.15) is 0 Å². The maximum atomic E-state index is 10.0. The zero-order valence-electron chi connectivity index (χ0n) is 18.2. The second kappa shape index (κ2) is 9.91. The van der Waals surface area contributed by atoms with E-state index < -0.39 is 7.11 Å². The van der Waals surface area contributed by atoms with Crippen molar-refractivity contribution in [1.29, 1.82) is 0 Å². The van der Waals surface area contributed by atoms with Crippen molar-refractivity contribution in [2.75, 3.05) is 59.0 Å². The number of rotatable bonds is 6. The van der Waals surface area contributed by atoms with Crippen molar-refractivity contribution < 1.29 is 4.89 Å². The molecule has 2 heterocycles. The van der Waals surface area contributed by atoms with Crippen LogP contribution in [0, 0.1) is 11.8 Å². The second-order valence-electron chi connectivity index (χ2n) is 9.39. The molecule has 2 fully saturated rings. The Balaban J connectivity index is 1.66. The molecule has 4 atom stereocenters. The molecule has 1 aromatic rings. The van der Waals surface area contributed by atoms with Gasteiger partial charge in [-0.05, 0) is 49.7 Å². The van der Waals surface area contributed by atoms with E-state index in [0.29, 0.717) is 6.16 Å². The molecule has 5 heteroatoms. The fourth-order valence-corrected chi connectivity index (χ4v) is 5.75. The van der Waals surface area contributed by atoms with Gasteiger partial charge in [-0.1, -0.05) is 44.4 Å². The minimum atomic E-state index is -2.01. The number of fused-ring (bicyclic) bond motifs is 2. The normalized spacial score (nSPS) is 29.5. The van der Waals surface area contributed by atoms with Gasteiger partial charge in [0, 0.05) is 58.5 Å². The van der Waals surface area contributed by atoms with Gasteiger partial charge in [0.15, 0.2) is 0 Å². The van der Waals surface area contributed by atoms with Gasteiger partial charge in [-0.15, -0.1) is 0 Å². The van der Waals surface area contributed by atoms with Crippen LogP contribution in [0.1, 0.15) is 31.4 Å². The molecule has 4 nitrogen and oxygen atoms in total. The molecule has 158 valence electrons. The molecule has 1 N–H and O–H groups in total. The summed E-state index contributed by atoms with van der Waals surface area (Å²) in [7, 11) is -2.01. The van der Waals surface area contributed by atoms with E-state index in [-0.39, 0.29) is 0 Å². The Labute approximate surface area is 172 Å². The quantitative estimate of drug-likeness (QED) is 0.736. The highest BCUT2D eigenvalue weighted by molar-refractivity contribution is 7.66. The van der Waals surface area contributed by atoms with Gasteiger partial charge < -0.3 is 14.7 Å². The van der Waals surface area contributed by atoms with Crippen molar-refractivity contribution in [3.8, 4) is 0 Å². The lowest BCUT2D eigenvalue weighted by molar-refractivity contribution is 0.148. The minimum absolute atomic E-state index is 0.707. The van der Waals surface area contributed by atoms with E-state index in [4.69, 9.17) is 0 Å². The lowest BCUT2D eigenvalue weighted by atomic mass is 9.97. The van der Waals surface area contributed by atoms with Crippen molar-refractivity contribution in [3.63, 3.8) is 0 Å². The number of hydrogen-bond donors (Lipinski definition) is 1. The molecule has 0 spiro atoms.